The molecule has 0 amide bonds. The predicted octanol–water partition coefficient (Wildman–Crippen LogP) is 3.19. The van der Waals surface area contributed by atoms with Crippen LogP contribution in [0.15, 0.2) is 23.3 Å². The highest BCUT2D eigenvalue weighted by Gasteiger charge is 2.04. The van der Waals surface area contributed by atoms with Gasteiger partial charge in [-0.05, 0) is 25.0 Å². The summed E-state index contributed by atoms with van der Waals surface area (Å²) in [6, 6.07) is 4.37. The smallest absolute Gasteiger partial charge is 0.191 e. The molecule has 0 radical (unpaired) electrons. The molecule has 2 aromatic rings. The Kier molecular flexibility index (Phi) is 6.20. The lowest BCUT2D eigenvalue weighted by Crippen LogP contribution is -2.36. The third-order valence-corrected chi connectivity index (χ3v) is 5.45. The summed E-state index contributed by atoms with van der Waals surface area (Å²) in [7, 11) is 1.79. The van der Waals surface area contributed by atoms with E-state index in [4.69, 9.17) is 0 Å². The zero-order chi connectivity index (χ0) is 15.1. The zero-order valence-electron chi connectivity index (χ0n) is 12.8. The summed E-state index contributed by atoms with van der Waals surface area (Å²) in [5.74, 6) is 0.815. The van der Waals surface area contributed by atoms with E-state index in [9.17, 15) is 0 Å². The van der Waals surface area contributed by atoms with Gasteiger partial charge in [-0.1, -0.05) is 13.8 Å². The molecule has 0 fully saturated rings. The van der Waals surface area contributed by atoms with Crippen LogP contribution in [0, 0.1) is 0 Å². The number of thiazole rings is 1. The summed E-state index contributed by atoms with van der Waals surface area (Å²) in [4.78, 5) is 12.7. The normalized spacial score (nSPS) is 11.7. The second-order valence-electron chi connectivity index (χ2n) is 4.57. The molecule has 0 spiro atoms. The molecular weight excluding hydrogens is 300 g/mol. The third kappa shape index (κ3) is 4.82. The molecule has 0 atom stereocenters. The molecule has 21 heavy (non-hydrogen) atoms. The molecule has 0 aliphatic heterocycles. The minimum atomic E-state index is 0.717. The van der Waals surface area contributed by atoms with Crippen molar-refractivity contribution in [2.75, 3.05) is 7.05 Å². The van der Waals surface area contributed by atoms with Crippen LogP contribution in [0.25, 0.3) is 0 Å². The standard InChI is InChI=1S/C15H22N4S2/c1-4-11-6-7-13(20-11)9-18-15(16-3)19-10-14-17-8-12(5-2)21-14/h6-8H,4-5,9-10H2,1-3H3,(H2,16,18,19). The fourth-order valence-corrected chi connectivity index (χ4v) is 3.55. The van der Waals surface area contributed by atoms with Gasteiger partial charge in [0, 0.05) is 27.9 Å². The largest absolute Gasteiger partial charge is 0.352 e. The first-order chi connectivity index (χ1) is 10.2. The first-order valence-corrected chi connectivity index (χ1v) is 8.84. The molecule has 2 aromatic heterocycles. The number of hydrogen-bond acceptors (Lipinski definition) is 4. The van der Waals surface area contributed by atoms with Gasteiger partial charge in [-0.25, -0.2) is 4.98 Å². The SMILES string of the molecule is CCc1ccc(CNC(=NC)NCc2ncc(CC)s2)s1. The lowest BCUT2D eigenvalue weighted by molar-refractivity contribution is 0.811. The van der Waals surface area contributed by atoms with Crippen LogP contribution in [0.5, 0.6) is 0 Å². The highest BCUT2D eigenvalue weighted by atomic mass is 32.1. The molecule has 4 nitrogen and oxygen atoms in total. The lowest BCUT2D eigenvalue weighted by Gasteiger charge is -2.09. The van der Waals surface area contributed by atoms with Gasteiger partial charge in [0.25, 0.3) is 0 Å². The van der Waals surface area contributed by atoms with Crippen molar-refractivity contribution in [3.8, 4) is 0 Å². The molecule has 0 aliphatic carbocycles. The summed E-state index contributed by atoms with van der Waals surface area (Å²) in [6.45, 7) is 5.86. The first-order valence-electron chi connectivity index (χ1n) is 7.20. The van der Waals surface area contributed by atoms with E-state index >= 15 is 0 Å². The topological polar surface area (TPSA) is 49.3 Å². The van der Waals surface area contributed by atoms with E-state index in [2.05, 4.69) is 46.6 Å². The molecule has 2 N–H and O–H groups in total. The van der Waals surface area contributed by atoms with Crippen LogP contribution in [-0.4, -0.2) is 18.0 Å². The Bertz CT molecular complexity index is 538. The average molecular weight is 323 g/mol. The highest BCUT2D eigenvalue weighted by Crippen LogP contribution is 2.16. The summed E-state index contributed by atoms with van der Waals surface area (Å²) in [5, 5.41) is 7.74. The van der Waals surface area contributed by atoms with Crippen LogP contribution < -0.4 is 10.6 Å². The van der Waals surface area contributed by atoms with Crippen LogP contribution in [0.2, 0.25) is 0 Å². The Balaban J connectivity index is 1.80. The summed E-state index contributed by atoms with van der Waals surface area (Å²) in [6.07, 6.45) is 4.10. The maximum atomic E-state index is 4.40. The van der Waals surface area contributed by atoms with Gasteiger partial charge in [-0.15, -0.1) is 22.7 Å². The van der Waals surface area contributed by atoms with Crippen LogP contribution in [0.4, 0.5) is 0 Å². The molecule has 0 bridgehead atoms. The number of rotatable bonds is 6. The predicted molar refractivity (Wildman–Crippen MR) is 92.2 cm³/mol. The van der Waals surface area contributed by atoms with Crippen molar-refractivity contribution in [3.05, 3.63) is 38.0 Å². The van der Waals surface area contributed by atoms with Gasteiger partial charge in [0.05, 0.1) is 13.1 Å². The Labute approximate surface area is 134 Å². The number of nitrogens with zero attached hydrogens (tertiary/aromatic N) is 2. The van der Waals surface area contributed by atoms with Crippen molar-refractivity contribution >= 4 is 28.6 Å². The lowest BCUT2D eigenvalue weighted by atomic mass is 10.4. The third-order valence-electron chi connectivity index (χ3n) is 3.08. The van der Waals surface area contributed by atoms with Crippen molar-refractivity contribution in [3.63, 3.8) is 0 Å². The second kappa shape index (κ2) is 8.14. The number of aryl methyl sites for hydroxylation is 2. The highest BCUT2D eigenvalue weighted by molar-refractivity contribution is 7.12. The first kappa shape index (κ1) is 16.0. The second-order valence-corrected chi connectivity index (χ2v) is 7.03. The molecule has 6 heteroatoms. The molecule has 0 aliphatic rings. The van der Waals surface area contributed by atoms with Crippen LogP contribution in [0.3, 0.4) is 0 Å². The van der Waals surface area contributed by atoms with Gasteiger partial charge in [-0.2, -0.15) is 0 Å². The minimum absolute atomic E-state index is 0.717. The van der Waals surface area contributed by atoms with Crippen LogP contribution in [0.1, 0.15) is 33.5 Å². The van der Waals surface area contributed by atoms with E-state index < -0.39 is 0 Å². The number of aliphatic imine (C=N–C) groups is 1. The molecular formula is C15H22N4S2. The van der Waals surface area contributed by atoms with Crippen LogP contribution >= 0.6 is 22.7 Å². The Morgan fingerprint density at radius 1 is 1.05 bits per heavy atom. The molecule has 114 valence electrons. The summed E-state index contributed by atoms with van der Waals surface area (Å²) in [5.41, 5.74) is 0. The fraction of sp³-hybridized carbons (Fsp3) is 0.467. The van der Waals surface area contributed by atoms with Gasteiger partial charge in [0.2, 0.25) is 0 Å². The number of hydrogen-bond donors (Lipinski definition) is 2. The molecule has 0 unspecified atom stereocenters. The molecule has 0 saturated heterocycles. The van der Waals surface area contributed by atoms with Gasteiger partial charge in [-0.3, -0.25) is 4.99 Å². The Morgan fingerprint density at radius 3 is 2.38 bits per heavy atom. The summed E-state index contributed by atoms with van der Waals surface area (Å²) >= 11 is 3.60. The Hall–Kier alpha value is -1.40. The van der Waals surface area contributed by atoms with Gasteiger partial charge < -0.3 is 10.6 Å². The summed E-state index contributed by atoms with van der Waals surface area (Å²) < 4.78 is 0. The van der Waals surface area contributed by atoms with Gasteiger partial charge in [0.15, 0.2) is 5.96 Å². The molecule has 2 heterocycles. The van der Waals surface area contributed by atoms with E-state index in [1.807, 2.05) is 17.5 Å². The minimum Gasteiger partial charge on any atom is -0.352 e. The molecule has 0 saturated carbocycles. The van der Waals surface area contributed by atoms with Crippen molar-refractivity contribution in [2.45, 2.75) is 39.8 Å². The Morgan fingerprint density at radius 2 is 1.76 bits per heavy atom. The quantitative estimate of drug-likeness (QED) is 0.634. The molecule has 0 aromatic carbocycles. The van der Waals surface area contributed by atoms with Crippen molar-refractivity contribution in [1.29, 1.82) is 0 Å². The maximum absolute atomic E-state index is 4.40. The van der Waals surface area contributed by atoms with Gasteiger partial charge in [0.1, 0.15) is 5.01 Å². The number of aromatic nitrogens is 1. The van der Waals surface area contributed by atoms with Gasteiger partial charge >= 0.3 is 0 Å². The van der Waals surface area contributed by atoms with Crippen molar-refractivity contribution in [2.24, 2.45) is 4.99 Å². The van der Waals surface area contributed by atoms with Crippen molar-refractivity contribution < 1.29 is 0 Å². The van der Waals surface area contributed by atoms with E-state index in [1.165, 1.54) is 14.6 Å². The van der Waals surface area contributed by atoms with Crippen molar-refractivity contribution in [1.82, 2.24) is 15.6 Å². The number of nitrogens with one attached hydrogen (secondary N) is 2. The monoisotopic (exact) mass is 322 g/mol. The number of thiophene rings is 1. The van der Waals surface area contributed by atoms with E-state index in [0.29, 0.717) is 0 Å². The fourth-order valence-electron chi connectivity index (χ4n) is 1.85. The number of guanidine groups is 1. The van der Waals surface area contributed by atoms with E-state index in [-0.39, 0.29) is 0 Å². The zero-order valence-corrected chi connectivity index (χ0v) is 14.4. The maximum Gasteiger partial charge on any atom is 0.191 e. The van der Waals surface area contributed by atoms with Crippen LogP contribution in [-0.2, 0) is 25.9 Å². The van der Waals surface area contributed by atoms with E-state index in [0.717, 1.165) is 36.9 Å². The average Bonchev–Trinajstić information content (AvgIpc) is 3.16. The van der Waals surface area contributed by atoms with E-state index in [1.54, 1.807) is 18.4 Å². The molecule has 2 rings (SSSR count).